The minimum Gasteiger partial charge on any atom is -0.478 e. The number of carbonyl (C=O) groups is 2. The van der Waals surface area contributed by atoms with E-state index in [1.54, 1.807) is 23.5 Å². The second-order valence-corrected chi connectivity index (χ2v) is 6.36. The van der Waals surface area contributed by atoms with Gasteiger partial charge >= 0.3 is 5.97 Å². The van der Waals surface area contributed by atoms with Crippen LogP contribution in [0.4, 0.5) is 5.69 Å². The first kappa shape index (κ1) is 14.6. The summed E-state index contributed by atoms with van der Waals surface area (Å²) in [5, 5.41) is 14.0. The predicted octanol–water partition coefficient (Wildman–Crippen LogP) is 3.34. The Morgan fingerprint density at radius 1 is 1.23 bits per heavy atom. The van der Waals surface area contributed by atoms with Crippen LogP contribution in [0.5, 0.6) is 0 Å². The monoisotopic (exact) mass is 330 g/mol. The maximum Gasteiger partial charge on any atom is 0.335 e. The van der Waals surface area contributed by atoms with E-state index in [2.05, 4.69) is 10.3 Å². The highest BCUT2D eigenvalue weighted by Crippen LogP contribution is 2.29. The van der Waals surface area contributed by atoms with Gasteiger partial charge in [-0.3, -0.25) is 4.79 Å². The van der Waals surface area contributed by atoms with E-state index in [0.717, 1.165) is 4.88 Å². The Hall–Kier alpha value is -2.38. The summed E-state index contributed by atoms with van der Waals surface area (Å²) >= 11 is 2.82. The van der Waals surface area contributed by atoms with Crippen molar-refractivity contribution in [3.8, 4) is 0 Å². The summed E-state index contributed by atoms with van der Waals surface area (Å²) in [6.07, 6.45) is 1.82. The molecule has 1 amide bonds. The van der Waals surface area contributed by atoms with Crippen LogP contribution in [0.1, 0.15) is 15.2 Å². The number of aliphatic imine (C=N–C) groups is 1. The number of nitrogens with zero attached hydrogens (tertiary/aromatic N) is 1. The fourth-order valence-electron chi connectivity index (χ4n) is 1.78. The van der Waals surface area contributed by atoms with Crippen LogP contribution in [0.3, 0.4) is 0 Å². The number of rotatable bonds is 3. The number of carboxylic acid groups (broad SMARTS) is 1. The Morgan fingerprint density at radius 2 is 2.00 bits per heavy atom. The maximum absolute atomic E-state index is 11.9. The molecule has 0 radical (unpaired) electrons. The second-order valence-electron chi connectivity index (χ2n) is 4.35. The number of nitrogens with one attached hydrogen (secondary N) is 1. The van der Waals surface area contributed by atoms with Gasteiger partial charge in [0.25, 0.3) is 5.91 Å². The van der Waals surface area contributed by atoms with Crippen molar-refractivity contribution in [1.82, 2.24) is 5.32 Å². The third kappa shape index (κ3) is 3.26. The van der Waals surface area contributed by atoms with E-state index in [0.29, 0.717) is 15.8 Å². The lowest BCUT2D eigenvalue weighted by atomic mass is 10.2. The van der Waals surface area contributed by atoms with Gasteiger partial charge in [-0.1, -0.05) is 6.07 Å². The number of thioether (sulfide) groups is 1. The number of carboxylic acids is 1. The molecule has 110 valence electrons. The van der Waals surface area contributed by atoms with E-state index in [1.807, 2.05) is 23.6 Å². The highest BCUT2D eigenvalue weighted by molar-refractivity contribution is 8.18. The Labute approximate surface area is 134 Å². The molecule has 5 nitrogen and oxygen atoms in total. The van der Waals surface area contributed by atoms with Gasteiger partial charge in [-0.25, -0.2) is 9.79 Å². The molecule has 0 spiro atoms. The molecule has 3 rings (SSSR count). The minimum absolute atomic E-state index is 0.181. The molecule has 1 fully saturated rings. The highest BCUT2D eigenvalue weighted by atomic mass is 32.2. The molecular weight excluding hydrogens is 320 g/mol. The highest BCUT2D eigenvalue weighted by Gasteiger charge is 2.23. The third-order valence-electron chi connectivity index (χ3n) is 2.81. The van der Waals surface area contributed by atoms with Crippen molar-refractivity contribution in [2.75, 3.05) is 0 Å². The summed E-state index contributed by atoms with van der Waals surface area (Å²) in [7, 11) is 0. The zero-order chi connectivity index (χ0) is 15.5. The van der Waals surface area contributed by atoms with Gasteiger partial charge in [0.2, 0.25) is 0 Å². The predicted molar refractivity (Wildman–Crippen MR) is 88.5 cm³/mol. The molecular formula is C15H10N2O3S2. The molecule has 1 aliphatic heterocycles. The van der Waals surface area contributed by atoms with Crippen LogP contribution in [0.2, 0.25) is 0 Å². The topological polar surface area (TPSA) is 78.8 Å². The Kier molecular flexibility index (Phi) is 4.08. The Balaban J connectivity index is 1.79. The number of aromatic carboxylic acids is 1. The number of hydrogen-bond donors (Lipinski definition) is 2. The van der Waals surface area contributed by atoms with Crippen LogP contribution in [0, 0.1) is 0 Å². The fraction of sp³-hybridized carbons (Fsp3) is 0. The number of carbonyl (C=O) groups excluding carboxylic acids is 1. The third-order valence-corrected chi connectivity index (χ3v) is 4.54. The molecule has 7 heteroatoms. The number of benzene rings is 1. The molecule has 1 aromatic heterocycles. The Morgan fingerprint density at radius 3 is 2.64 bits per heavy atom. The number of thiophene rings is 1. The molecule has 2 heterocycles. The zero-order valence-corrected chi connectivity index (χ0v) is 12.8. The van der Waals surface area contributed by atoms with Crippen molar-refractivity contribution in [1.29, 1.82) is 0 Å². The van der Waals surface area contributed by atoms with Gasteiger partial charge in [0.05, 0.1) is 16.2 Å². The van der Waals surface area contributed by atoms with E-state index < -0.39 is 5.97 Å². The van der Waals surface area contributed by atoms with Crippen LogP contribution in [-0.4, -0.2) is 22.2 Å². The first-order valence-corrected chi connectivity index (χ1v) is 7.98. The molecule has 1 aromatic carbocycles. The van der Waals surface area contributed by atoms with Crippen molar-refractivity contribution in [2.45, 2.75) is 0 Å². The molecule has 0 aliphatic carbocycles. The van der Waals surface area contributed by atoms with E-state index in [4.69, 9.17) is 5.11 Å². The largest absolute Gasteiger partial charge is 0.478 e. The normalized spacial score (nSPS) is 17.9. The van der Waals surface area contributed by atoms with Crippen molar-refractivity contribution in [3.63, 3.8) is 0 Å². The lowest BCUT2D eigenvalue weighted by Gasteiger charge is -1.97. The van der Waals surface area contributed by atoms with Gasteiger partial charge in [0, 0.05) is 4.88 Å². The summed E-state index contributed by atoms with van der Waals surface area (Å²) in [5.41, 5.74) is 0.788. The molecule has 1 saturated heterocycles. The average Bonchev–Trinajstić information content (AvgIpc) is 3.11. The number of hydrogen-bond acceptors (Lipinski definition) is 5. The van der Waals surface area contributed by atoms with E-state index >= 15 is 0 Å². The number of amides is 1. The fourth-order valence-corrected chi connectivity index (χ4v) is 3.34. The van der Waals surface area contributed by atoms with Gasteiger partial charge in [-0.2, -0.15) is 0 Å². The summed E-state index contributed by atoms with van der Waals surface area (Å²) < 4.78 is 0. The zero-order valence-electron chi connectivity index (χ0n) is 11.1. The maximum atomic E-state index is 11.9. The lowest BCUT2D eigenvalue weighted by Crippen LogP contribution is -2.19. The van der Waals surface area contributed by atoms with Crippen LogP contribution in [-0.2, 0) is 4.79 Å². The minimum atomic E-state index is -0.982. The summed E-state index contributed by atoms with van der Waals surface area (Å²) in [6, 6.07) is 10.0. The van der Waals surface area contributed by atoms with Gasteiger partial charge in [0.1, 0.15) is 0 Å². The second kappa shape index (κ2) is 6.17. The Bertz CT molecular complexity index is 778. The quantitative estimate of drug-likeness (QED) is 0.846. The van der Waals surface area contributed by atoms with Crippen molar-refractivity contribution < 1.29 is 14.7 Å². The standard InChI is InChI=1S/C15H10N2O3S2/c18-13-12(8-11-2-1-7-21-11)22-15(17-13)16-10-5-3-9(4-6-10)14(19)20/h1-8H,(H,19,20)(H,16,17,18)/b12-8+. The van der Waals surface area contributed by atoms with Crippen LogP contribution in [0.15, 0.2) is 51.7 Å². The van der Waals surface area contributed by atoms with Crippen molar-refractivity contribution in [2.24, 2.45) is 4.99 Å². The summed E-state index contributed by atoms with van der Waals surface area (Å²) in [4.78, 5) is 28.6. The van der Waals surface area contributed by atoms with E-state index in [-0.39, 0.29) is 11.5 Å². The van der Waals surface area contributed by atoms with Gasteiger partial charge < -0.3 is 10.4 Å². The lowest BCUT2D eigenvalue weighted by molar-refractivity contribution is -0.115. The molecule has 0 saturated carbocycles. The molecule has 0 unspecified atom stereocenters. The summed E-state index contributed by atoms with van der Waals surface area (Å²) in [6.45, 7) is 0. The molecule has 0 atom stereocenters. The molecule has 1 aliphatic rings. The van der Waals surface area contributed by atoms with Crippen molar-refractivity contribution >= 4 is 51.9 Å². The average molecular weight is 330 g/mol. The molecule has 2 N–H and O–H groups in total. The van der Waals surface area contributed by atoms with Crippen LogP contribution in [0.25, 0.3) is 6.08 Å². The van der Waals surface area contributed by atoms with Gasteiger partial charge in [-0.05, 0) is 53.5 Å². The van der Waals surface area contributed by atoms with Gasteiger partial charge in [0.15, 0.2) is 5.17 Å². The molecule has 2 aromatic rings. The summed E-state index contributed by atoms with van der Waals surface area (Å²) in [5.74, 6) is -1.16. The van der Waals surface area contributed by atoms with Gasteiger partial charge in [-0.15, -0.1) is 11.3 Å². The SMILES string of the molecule is O=C1NC(=Nc2ccc(C(=O)O)cc2)S/C1=C/c1cccs1. The number of amidine groups is 1. The molecule has 22 heavy (non-hydrogen) atoms. The van der Waals surface area contributed by atoms with Crippen molar-refractivity contribution in [3.05, 3.63) is 57.1 Å². The van der Waals surface area contributed by atoms with Crippen LogP contribution < -0.4 is 5.32 Å². The van der Waals surface area contributed by atoms with E-state index in [9.17, 15) is 9.59 Å². The first-order valence-electron chi connectivity index (χ1n) is 6.28. The van der Waals surface area contributed by atoms with E-state index in [1.165, 1.54) is 23.9 Å². The molecule has 0 bridgehead atoms. The smallest absolute Gasteiger partial charge is 0.335 e. The first-order chi connectivity index (χ1) is 10.6. The van der Waals surface area contributed by atoms with Crippen LogP contribution >= 0.6 is 23.1 Å².